The maximum absolute atomic E-state index is 10.7. The van der Waals surface area contributed by atoms with Gasteiger partial charge in [0.05, 0.1) is 13.2 Å². The van der Waals surface area contributed by atoms with Crippen LogP contribution in [0.5, 0.6) is 5.06 Å². The predicted molar refractivity (Wildman–Crippen MR) is 36.1 cm³/mol. The summed E-state index contributed by atoms with van der Waals surface area (Å²) in [7, 11) is 3.25. The average molecular weight is 145 g/mol. The molecular weight excluding hydrogens is 138 g/mol. The lowest BCUT2D eigenvalue weighted by Gasteiger charge is -1.86. The van der Waals surface area contributed by atoms with Crippen LogP contribution in [0.3, 0.4) is 0 Å². The molecule has 1 rings (SSSR count). The fourth-order valence-corrected chi connectivity index (χ4v) is 1.13. The Hall–Kier alpha value is -0.770. The zero-order valence-corrected chi connectivity index (χ0v) is 6.07. The molecule has 0 aromatic carbocycles. The monoisotopic (exact) mass is 145 g/mol. The molecule has 0 saturated carbocycles. The Labute approximate surface area is 56.6 Å². The third-order valence-corrected chi connectivity index (χ3v) is 1.90. The Morgan fingerprint density at radius 2 is 2.44 bits per heavy atom. The first kappa shape index (κ1) is 6.35. The first-order valence-electron chi connectivity index (χ1n) is 2.45. The number of hydrogen-bond donors (Lipinski definition) is 0. The molecule has 0 spiro atoms. The molecule has 0 aliphatic carbocycles. The second kappa shape index (κ2) is 2.23. The van der Waals surface area contributed by atoms with Crippen molar-refractivity contribution in [1.29, 1.82) is 0 Å². The van der Waals surface area contributed by atoms with Crippen LogP contribution in [0.2, 0.25) is 0 Å². The van der Waals surface area contributed by atoms with Gasteiger partial charge in [-0.2, -0.15) is 0 Å². The summed E-state index contributed by atoms with van der Waals surface area (Å²) < 4.78 is 6.33. The molecule has 0 amide bonds. The van der Waals surface area contributed by atoms with Gasteiger partial charge in [-0.1, -0.05) is 0 Å². The summed E-state index contributed by atoms with van der Waals surface area (Å²) in [5.74, 6) is 0. The predicted octanol–water partition coefficient (Wildman–Crippen LogP) is 0.455. The summed E-state index contributed by atoms with van der Waals surface area (Å²) in [6.45, 7) is 0. The zero-order valence-electron chi connectivity index (χ0n) is 5.25. The Balaban J connectivity index is 3.13. The lowest BCUT2D eigenvalue weighted by atomic mass is 10.7. The van der Waals surface area contributed by atoms with Crippen molar-refractivity contribution >= 4 is 11.5 Å². The number of ether oxygens (including phenoxy) is 1. The van der Waals surface area contributed by atoms with Gasteiger partial charge in [-0.25, -0.2) is 0 Å². The van der Waals surface area contributed by atoms with Gasteiger partial charge in [0.15, 0.2) is 5.06 Å². The molecule has 3 nitrogen and oxygen atoms in total. The van der Waals surface area contributed by atoms with Crippen molar-refractivity contribution in [2.75, 3.05) is 7.11 Å². The number of hydrogen-bond acceptors (Lipinski definition) is 3. The SMILES string of the molecule is COc1cc(=O)n(C)s1. The fourth-order valence-electron chi connectivity index (χ4n) is 0.494. The number of rotatable bonds is 1. The molecule has 9 heavy (non-hydrogen) atoms. The highest BCUT2D eigenvalue weighted by molar-refractivity contribution is 7.08. The van der Waals surface area contributed by atoms with Gasteiger partial charge in [0.2, 0.25) is 0 Å². The number of methoxy groups -OCH3 is 1. The highest BCUT2D eigenvalue weighted by atomic mass is 32.1. The van der Waals surface area contributed by atoms with Gasteiger partial charge in [0.25, 0.3) is 5.56 Å². The van der Waals surface area contributed by atoms with Gasteiger partial charge < -0.3 is 4.74 Å². The molecule has 0 bridgehead atoms. The zero-order chi connectivity index (χ0) is 6.85. The van der Waals surface area contributed by atoms with Gasteiger partial charge >= 0.3 is 0 Å². The molecular formula is C5H7NO2S. The highest BCUT2D eigenvalue weighted by Gasteiger charge is 1.97. The molecule has 0 radical (unpaired) electrons. The summed E-state index contributed by atoms with van der Waals surface area (Å²) in [4.78, 5) is 10.7. The molecule has 0 N–H and O–H groups in total. The second-order valence-electron chi connectivity index (χ2n) is 1.59. The van der Waals surface area contributed by atoms with E-state index in [0.717, 1.165) is 0 Å². The standard InChI is InChI=1S/C5H7NO2S/c1-6-4(7)3-5(8-2)9-6/h3H,1-2H3. The quantitative estimate of drug-likeness (QED) is 0.574. The van der Waals surface area contributed by atoms with E-state index in [2.05, 4.69) is 0 Å². The Bertz CT molecular complexity index is 250. The summed E-state index contributed by atoms with van der Waals surface area (Å²) in [6.07, 6.45) is 0. The van der Waals surface area contributed by atoms with Gasteiger partial charge in [0.1, 0.15) is 0 Å². The van der Waals surface area contributed by atoms with E-state index in [1.165, 1.54) is 21.6 Å². The minimum absolute atomic E-state index is 0.0168. The van der Waals surface area contributed by atoms with E-state index in [-0.39, 0.29) is 5.56 Å². The van der Waals surface area contributed by atoms with Crippen LogP contribution in [0.15, 0.2) is 10.9 Å². The summed E-state index contributed by atoms with van der Waals surface area (Å²) >= 11 is 1.30. The Morgan fingerprint density at radius 3 is 2.67 bits per heavy atom. The number of nitrogens with zero attached hydrogens (tertiary/aromatic N) is 1. The van der Waals surface area contributed by atoms with Crippen LogP contribution in [-0.2, 0) is 7.05 Å². The number of aromatic nitrogens is 1. The Kier molecular flexibility index (Phi) is 1.57. The van der Waals surface area contributed by atoms with Gasteiger partial charge in [-0.05, 0) is 11.5 Å². The van der Waals surface area contributed by atoms with Crippen molar-refractivity contribution in [1.82, 2.24) is 3.96 Å². The molecule has 1 aromatic heterocycles. The van der Waals surface area contributed by atoms with Crippen molar-refractivity contribution in [3.05, 3.63) is 16.4 Å². The Morgan fingerprint density at radius 1 is 1.78 bits per heavy atom. The third-order valence-electron chi connectivity index (χ3n) is 0.980. The van der Waals surface area contributed by atoms with Crippen LogP contribution >= 0.6 is 11.5 Å². The van der Waals surface area contributed by atoms with Crippen molar-refractivity contribution in [3.8, 4) is 5.06 Å². The van der Waals surface area contributed by atoms with Crippen molar-refractivity contribution in [2.24, 2.45) is 7.05 Å². The van der Waals surface area contributed by atoms with E-state index in [9.17, 15) is 4.79 Å². The third kappa shape index (κ3) is 1.13. The van der Waals surface area contributed by atoms with Crippen LogP contribution < -0.4 is 10.3 Å². The van der Waals surface area contributed by atoms with Crippen LogP contribution in [-0.4, -0.2) is 11.1 Å². The van der Waals surface area contributed by atoms with E-state index in [1.807, 2.05) is 0 Å². The van der Waals surface area contributed by atoms with E-state index < -0.39 is 0 Å². The molecule has 0 fully saturated rings. The molecule has 4 heteroatoms. The second-order valence-corrected chi connectivity index (χ2v) is 2.73. The molecule has 0 aliphatic heterocycles. The molecule has 1 heterocycles. The number of aryl methyl sites for hydroxylation is 1. The first-order chi connectivity index (χ1) is 4.24. The van der Waals surface area contributed by atoms with E-state index in [1.54, 1.807) is 14.2 Å². The molecule has 1 aromatic rings. The van der Waals surface area contributed by atoms with Crippen LogP contribution in [0.4, 0.5) is 0 Å². The van der Waals surface area contributed by atoms with Gasteiger partial charge in [-0.15, -0.1) is 0 Å². The van der Waals surface area contributed by atoms with Gasteiger partial charge in [0, 0.05) is 7.05 Å². The van der Waals surface area contributed by atoms with E-state index >= 15 is 0 Å². The maximum Gasteiger partial charge on any atom is 0.264 e. The summed E-state index contributed by atoms with van der Waals surface area (Å²) in [5, 5.41) is 0.655. The average Bonchev–Trinajstić information content (AvgIpc) is 2.13. The molecule has 50 valence electrons. The lowest BCUT2D eigenvalue weighted by molar-refractivity contribution is 0.427. The largest absolute Gasteiger partial charge is 0.486 e. The first-order valence-corrected chi connectivity index (χ1v) is 3.22. The van der Waals surface area contributed by atoms with Crippen LogP contribution in [0.1, 0.15) is 0 Å². The molecule has 0 atom stereocenters. The summed E-state index contributed by atoms with van der Waals surface area (Å²) in [5.41, 5.74) is -0.0168. The van der Waals surface area contributed by atoms with Crippen molar-refractivity contribution in [3.63, 3.8) is 0 Å². The van der Waals surface area contributed by atoms with Crippen molar-refractivity contribution in [2.45, 2.75) is 0 Å². The van der Waals surface area contributed by atoms with E-state index in [0.29, 0.717) is 5.06 Å². The van der Waals surface area contributed by atoms with Crippen LogP contribution in [0, 0.1) is 0 Å². The minimum Gasteiger partial charge on any atom is -0.486 e. The highest BCUT2D eigenvalue weighted by Crippen LogP contribution is 2.12. The van der Waals surface area contributed by atoms with Gasteiger partial charge in [-0.3, -0.25) is 8.75 Å². The molecule has 0 unspecified atom stereocenters. The minimum atomic E-state index is -0.0168. The van der Waals surface area contributed by atoms with Crippen LogP contribution in [0.25, 0.3) is 0 Å². The molecule has 0 aliphatic rings. The lowest BCUT2D eigenvalue weighted by Crippen LogP contribution is -2.05. The topological polar surface area (TPSA) is 31.2 Å². The smallest absolute Gasteiger partial charge is 0.264 e. The molecule has 0 saturated heterocycles. The summed E-state index contributed by atoms with van der Waals surface area (Å²) in [6, 6.07) is 1.46. The normalized spacial score (nSPS) is 9.56. The fraction of sp³-hybridized carbons (Fsp3) is 0.400. The van der Waals surface area contributed by atoms with Crippen molar-refractivity contribution < 1.29 is 4.74 Å². The van der Waals surface area contributed by atoms with E-state index in [4.69, 9.17) is 4.74 Å². The maximum atomic E-state index is 10.7.